The molecule has 0 aliphatic carbocycles. The Labute approximate surface area is 77.8 Å². The van der Waals surface area contributed by atoms with Crippen LogP contribution in [0.25, 0.3) is 0 Å². The molecule has 1 heterocycles. The third kappa shape index (κ3) is 2.27. The van der Waals surface area contributed by atoms with Crippen molar-refractivity contribution in [1.82, 2.24) is 4.98 Å². The van der Waals surface area contributed by atoms with E-state index in [4.69, 9.17) is 18.0 Å². The second-order valence-corrected chi connectivity index (χ2v) is 3.09. The number of thiocarbonyl (C=S) groups is 1. The monoisotopic (exact) mass is 180 g/mol. The molecule has 0 saturated carbocycles. The van der Waals surface area contributed by atoms with Crippen molar-refractivity contribution < 1.29 is 0 Å². The molecule has 0 atom stereocenters. The van der Waals surface area contributed by atoms with E-state index in [1.165, 1.54) is 0 Å². The quantitative estimate of drug-likeness (QED) is 0.719. The van der Waals surface area contributed by atoms with Gasteiger partial charge in [-0.15, -0.1) is 0 Å². The highest BCUT2D eigenvalue weighted by Gasteiger charge is 1.96. The Morgan fingerprint density at radius 2 is 2.33 bits per heavy atom. The van der Waals surface area contributed by atoms with Crippen LogP contribution in [0.15, 0.2) is 18.3 Å². The van der Waals surface area contributed by atoms with E-state index >= 15 is 0 Å². The van der Waals surface area contributed by atoms with E-state index in [2.05, 4.69) is 11.9 Å². The minimum absolute atomic E-state index is 0.408. The highest BCUT2D eigenvalue weighted by molar-refractivity contribution is 7.80. The number of rotatable bonds is 3. The summed E-state index contributed by atoms with van der Waals surface area (Å²) in [5.41, 5.74) is 7.36. The Hall–Kier alpha value is -0.960. The van der Waals surface area contributed by atoms with Crippen LogP contribution in [-0.2, 0) is 6.42 Å². The summed E-state index contributed by atoms with van der Waals surface area (Å²) in [6.45, 7) is 2.13. The van der Waals surface area contributed by atoms with Crippen molar-refractivity contribution in [1.29, 1.82) is 0 Å². The molecule has 1 aromatic heterocycles. The predicted octanol–water partition coefficient (Wildman–Crippen LogP) is 1.67. The number of pyridine rings is 1. The van der Waals surface area contributed by atoms with E-state index in [1.807, 2.05) is 12.1 Å². The molecule has 0 saturated heterocycles. The summed E-state index contributed by atoms with van der Waals surface area (Å²) in [5.74, 6) is 0. The van der Waals surface area contributed by atoms with E-state index in [0.29, 0.717) is 4.99 Å². The van der Waals surface area contributed by atoms with Gasteiger partial charge in [0.1, 0.15) is 4.99 Å². The summed E-state index contributed by atoms with van der Waals surface area (Å²) in [6, 6.07) is 3.89. The molecule has 2 N–H and O–H groups in total. The van der Waals surface area contributed by atoms with Crippen LogP contribution in [0.1, 0.15) is 24.6 Å². The number of hydrogen-bond acceptors (Lipinski definition) is 2. The number of aryl methyl sites for hydroxylation is 1. The lowest BCUT2D eigenvalue weighted by atomic mass is 10.2. The summed E-state index contributed by atoms with van der Waals surface area (Å²) in [6.07, 6.45) is 3.85. The molecule has 3 heteroatoms. The fourth-order valence-corrected chi connectivity index (χ4v) is 1.10. The lowest BCUT2D eigenvalue weighted by Gasteiger charge is -1.99. The molecule has 1 rings (SSSR count). The van der Waals surface area contributed by atoms with Gasteiger partial charge in [0.05, 0.1) is 0 Å². The largest absolute Gasteiger partial charge is 0.389 e. The normalized spacial score (nSPS) is 9.75. The number of nitrogens with zero attached hydrogens (tertiary/aromatic N) is 1. The van der Waals surface area contributed by atoms with Gasteiger partial charge < -0.3 is 5.73 Å². The van der Waals surface area contributed by atoms with Gasteiger partial charge in [-0.25, -0.2) is 0 Å². The van der Waals surface area contributed by atoms with Gasteiger partial charge in [0, 0.05) is 17.5 Å². The molecule has 64 valence electrons. The molecule has 0 fully saturated rings. The van der Waals surface area contributed by atoms with Gasteiger partial charge in [-0.05, 0) is 18.6 Å². The summed E-state index contributed by atoms with van der Waals surface area (Å²) in [5, 5.41) is 0. The summed E-state index contributed by atoms with van der Waals surface area (Å²) in [4.78, 5) is 4.63. The Bertz CT molecular complexity index is 266. The van der Waals surface area contributed by atoms with Crippen LogP contribution in [0.4, 0.5) is 0 Å². The van der Waals surface area contributed by atoms with Crippen molar-refractivity contribution in [3.63, 3.8) is 0 Å². The Morgan fingerprint density at radius 1 is 1.58 bits per heavy atom. The molecule has 0 radical (unpaired) electrons. The molecule has 12 heavy (non-hydrogen) atoms. The third-order valence-corrected chi connectivity index (χ3v) is 1.85. The van der Waals surface area contributed by atoms with Gasteiger partial charge in [-0.1, -0.05) is 25.6 Å². The van der Waals surface area contributed by atoms with Crippen LogP contribution in [0.5, 0.6) is 0 Å². The van der Waals surface area contributed by atoms with Gasteiger partial charge in [-0.2, -0.15) is 0 Å². The smallest absolute Gasteiger partial charge is 0.105 e. The Balaban J connectivity index is 2.78. The van der Waals surface area contributed by atoms with E-state index in [1.54, 1.807) is 6.20 Å². The van der Waals surface area contributed by atoms with Crippen LogP contribution in [-0.4, -0.2) is 9.97 Å². The highest BCUT2D eigenvalue weighted by atomic mass is 32.1. The molecule has 0 bridgehead atoms. The summed E-state index contributed by atoms with van der Waals surface area (Å²) in [7, 11) is 0. The number of hydrogen-bond donors (Lipinski definition) is 1. The highest BCUT2D eigenvalue weighted by Crippen LogP contribution is 2.02. The lowest BCUT2D eigenvalue weighted by Crippen LogP contribution is -2.09. The fourth-order valence-electron chi connectivity index (χ4n) is 0.974. The van der Waals surface area contributed by atoms with Crippen molar-refractivity contribution in [3.8, 4) is 0 Å². The third-order valence-electron chi connectivity index (χ3n) is 1.62. The average molecular weight is 180 g/mol. The Morgan fingerprint density at radius 3 is 2.75 bits per heavy atom. The zero-order valence-corrected chi connectivity index (χ0v) is 7.90. The van der Waals surface area contributed by atoms with Crippen molar-refractivity contribution in [3.05, 3.63) is 29.6 Å². The second kappa shape index (κ2) is 4.16. The molecule has 0 unspecified atom stereocenters. The van der Waals surface area contributed by atoms with Gasteiger partial charge in [-0.3, -0.25) is 4.98 Å². The van der Waals surface area contributed by atoms with Crippen molar-refractivity contribution in [2.45, 2.75) is 19.8 Å². The Kier molecular flexibility index (Phi) is 3.17. The maximum absolute atomic E-state index is 5.43. The van der Waals surface area contributed by atoms with Gasteiger partial charge in [0.25, 0.3) is 0 Å². The molecule has 0 spiro atoms. The van der Waals surface area contributed by atoms with Crippen LogP contribution >= 0.6 is 12.2 Å². The van der Waals surface area contributed by atoms with Gasteiger partial charge in [0.15, 0.2) is 0 Å². The van der Waals surface area contributed by atoms with Crippen molar-refractivity contribution in [2.24, 2.45) is 5.73 Å². The number of aromatic nitrogens is 1. The minimum atomic E-state index is 0.408. The molecule has 0 amide bonds. The maximum Gasteiger partial charge on any atom is 0.105 e. The number of nitrogens with two attached hydrogens (primary N) is 1. The maximum atomic E-state index is 5.43. The van der Waals surface area contributed by atoms with E-state index < -0.39 is 0 Å². The van der Waals surface area contributed by atoms with E-state index in [0.717, 1.165) is 24.1 Å². The molecule has 0 aliphatic heterocycles. The standard InChI is InChI=1S/C9H12N2S/c1-2-3-8-5-4-7(6-11-8)9(10)12/h4-6H,2-3H2,1H3,(H2,10,12). The SMILES string of the molecule is CCCc1ccc(C(N)=S)cn1. The molecular formula is C9H12N2S. The average Bonchev–Trinajstić information content (AvgIpc) is 2.06. The topological polar surface area (TPSA) is 38.9 Å². The van der Waals surface area contributed by atoms with Crippen LogP contribution < -0.4 is 5.73 Å². The van der Waals surface area contributed by atoms with E-state index in [9.17, 15) is 0 Å². The van der Waals surface area contributed by atoms with Crippen LogP contribution in [0.2, 0.25) is 0 Å². The van der Waals surface area contributed by atoms with Gasteiger partial charge in [0.2, 0.25) is 0 Å². The lowest BCUT2D eigenvalue weighted by molar-refractivity contribution is 0.882. The molecule has 1 aromatic rings. The first-order valence-electron chi connectivity index (χ1n) is 3.98. The first-order valence-corrected chi connectivity index (χ1v) is 4.39. The molecule has 0 aliphatic rings. The zero-order valence-electron chi connectivity index (χ0n) is 7.08. The van der Waals surface area contributed by atoms with Crippen LogP contribution in [0, 0.1) is 0 Å². The predicted molar refractivity (Wildman–Crippen MR) is 54.1 cm³/mol. The zero-order chi connectivity index (χ0) is 8.97. The molecule has 0 aromatic carbocycles. The van der Waals surface area contributed by atoms with E-state index in [-0.39, 0.29) is 0 Å². The molecule has 2 nitrogen and oxygen atoms in total. The molecular weight excluding hydrogens is 168 g/mol. The summed E-state index contributed by atoms with van der Waals surface area (Å²) >= 11 is 4.81. The minimum Gasteiger partial charge on any atom is -0.389 e. The summed E-state index contributed by atoms with van der Waals surface area (Å²) < 4.78 is 0. The van der Waals surface area contributed by atoms with Crippen LogP contribution in [0.3, 0.4) is 0 Å². The first kappa shape index (κ1) is 9.13. The fraction of sp³-hybridized carbons (Fsp3) is 0.333. The van der Waals surface area contributed by atoms with Crippen molar-refractivity contribution in [2.75, 3.05) is 0 Å². The first-order chi connectivity index (χ1) is 5.74. The second-order valence-electron chi connectivity index (χ2n) is 2.65. The van der Waals surface area contributed by atoms with Crippen molar-refractivity contribution >= 4 is 17.2 Å². The van der Waals surface area contributed by atoms with Gasteiger partial charge >= 0.3 is 0 Å².